The Morgan fingerprint density at radius 2 is 1.56 bits per heavy atom. The third kappa shape index (κ3) is 4.07. The van der Waals surface area contributed by atoms with Gasteiger partial charge in [-0.1, -0.05) is 30.3 Å². The van der Waals surface area contributed by atoms with Crippen molar-refractivity contribution < 1.29 is 23.7 Å². The molecule has 0 radical (unpaired) electrons. The Labute approximate surface area is 159 Å². The summed E-state index contributed by atoms with van der Waals surface area (Å²) in [4.78, 5) is 15.7. The van der Waals surface area contributed by atoms with Crippen LogP contribution in [0.25, 0.3) is 0 Å². The van der Waals surface area contributed by atoms with E-state index in [-0.39, 0.29) is 5.78 Å². The summed E-state index contributed by atoms with van der Waals surface area (Å²) in [5, 5.41) is 0. The second-order valence-corrected chi connectivity index (χ2v) is 6.24. The lowest BCUT2D eigenvalue weighted by molar-refractivity contribution is 0.0172. The molecule has 0 saturated carbocycles. The normalized spacial score (nSPS) is 15.8. The van der Waals surface area contributed by atoms with Crippen molar-refractivity contribution in [3.63, 3.8) is 0 Å². The van der Waals surface area contributed by atoms with Gasteiger partial charge >= 0.3 is 0 Å². The molecule has 1 unspecified atom stereocenters. The molecule has 1 aliphatic heterocycles. The maximum absolute atomic E-state index is 13.5. The lowest BCUT2D eigenvalue weighted by Gasteiger charge is -2.34. The Kier molecular flexibility index (Phi) is 6.32. The van der Waals surface area contributed by atoms with E-state index in [1.165, 1.54) is 0 Å². The molecule has 1 saturated heterocycles. The Bertz CT molecular complexity index is 746. The molecule has 2 aromatic rings. The van der Waals surface area contributed by atoms with Gasteiger partial charge in [-0.15, -0.1) is 0 Å². The average molecular weight is 371 g/mol. The zero-order valence-electron chi connectivity index (χ0n) is 15.9. The summed E-state index contributed by atoms with van der Waals surface area (Å²) in [6.07, 6.45) is 0. The van der Waals surface area contributed by atoms with Gasteiger partial charge < -0.3 is 18.9 Å². The molecule has 1 fully saturated rings. The smallest absolute Gasteiger partial charge is 0.203 e. The molecule has 1 heterocycles. The lowest BCUT2D eigenvalue weighted by Crippen LogP contribution is -2.42. The molecule has 27 heavy (non-hydrogen) atoms. The van der Waals surface area contributed by atoms with Crippen LogP contribution in [0.2, 0.25) is 0 Å². The molecule has 6 nitrogen and oxygen atoms in total. The molecule has 144 valence electrons. The number of carbonyl (C=O) groups is 1. The number of ether oxygens (including phenoxy) is 4. The highest BCUT2D eigenvalue weighted by molar-refractivity contribution is 6.01. The van der Waals surface area contributed by atoms with Crippen molar-refractivity contribution in [2.45, 2.75) is 6.04 Å². The second kappa shape index (κ2) is 8.88. The Hall–Kier alpha value is -2.57. The number of benzene rings is 2. The fraction of sp³-hybridized carbons (Fsp3) is 0.381. The molecule has 0 aliphatic carbocycles. The maximum atomic E-state index is 13.5. The van der Waals surface area contributed by atoms with E-state index in [2.05, 4.69) is 4.90 Å². The summed E-state index contributed by atoms with van der Waals surface area (Å²) in [6, 6.07) is 12.8. The number of carbonyl (C=O) groups excluding carboxylic acids is 1. The van der Waals surface area contributed by atoms with Crippen LogP contribution < -0.4 is 14.2 Å². The van der Waals surface area contributed by atoms with Gasteiger partial charge in [0.05, 0.1) is 40.6 Å². The number of methoxy groups -OCH3 is 3. The van der Waals surface area contributed by atoms with E-state index in [4.69, 9.17) is 18.9 Å². The van der Waals surface area contributed by atoms with Gasteiger partial charge in [0.15, 0.2) is 17.3 Å². The second-order valence-electron chi connectivity index (χ2n) is 6.24. The lowest BCUT2D eigenvalue weighted by atomic mass is 9.95. The highest BCUT2D eigenvalue weighted by atomic mass is 16.5. The molecule has 0 N–H and O–H groups in total. The zero-order chi connectivity index (χ0) is 19.2. The van der Waals surface area contributed by atoms with E-state index in [1.54, 1.807) is 33.5 Å². The molecule has 3 rings (SSSR count). The van der Waals surface area contributed by atoms with Gasteiger partial charge in [0.1, 0.15) is 0 Å². The number of nitrogens with zero attached hydrogens (tertiary/aromatic N) is 1. The first-order valence-electron chi connectivity index (χ1n) is 8.90. The van der Waals surface area contributed by atoms with E-state index in [1.807, 2.05) is 30.3 Å². The minimum atomic E-state index is -0.391. The van der Waals surface area contributed by atoms with E-state index in [9.17, 15) is 4.79 Å². The molecule has 1 aliphatic rings. The summed E-state index contributed by atoms with van der Waals surface area (Å²) in [7, 11) is 4.63. The van der Waals surface area contributed by atoms with Crippen molar-refractivity contribution in [1.29, 1.82) is 0 Å². The van der Waals surface area contributed by atoms with Crippen molar-refractivity contribution in [2.24, 2.45) is 0 Å². The number of hydrogen-bond acceptors (Lipinski definition) is 6. The molecule has 0 amide bonds. The number of ketones is 1. The highest BCUT2D eigenvalue weighted by Gasteiger charge is 2.31. The first kappa shape index (κ1) is 19.2. The van der Waals surface area contributed by atoms with Gasteiger partial charge in [-0.3, -0.25) is 9.69 Å². The Morgan fingerprint density at radius 3 is 2.07 bits per heavy atom. The predicted molar refractivity (Wildman–Crippen MR) is 102 cm³/mol. The van der Waals surface area contributed by atoms with Crippen LogP contribution in [0, 0.1) is 0 Å². The third-order valence-electron chi connectivity index (χ3n) is 4.72. The van der Waals surface area contributed by atoms with Crippen LogP contribution in [0.1, 0.15) is 22.0 Å². The first-order valence-corrected chi connectivity index (χ1v) is 8.90. The minimum absolute atomic E-state index is 0.0117. The number of rotatable bonds is 7. The van der Waals surface area contributed by atoms with Gasteiger partial charge in [0, 0.05) is 18.7 Å². The van der Waals surface area contributed by atoms with Crippen molar-refractivity contribution in [2.75, 3.05) is 47.6 Å². The highest BCUT2D eigenvalue weighted by Crippen LogP contribution is 2.39. The van der Waals surface area contributed by atoms with Crippen molar-refractivity contribution >= 4 is 5.78 Å². The van der Waals surface area contributed by atoms with Crippen LogP contribution in [0.4, 0.5) is 0 Å². The van der Waals surface area contributed by atoms with E-state index >= 15 is 0 Å². The largest absolute Gasteiger partial charge is 0.493 e. The maximum Gasteiger partial charge on any atom is 0.203 e. The number of hydrogen-bond donors (Lipinski definition) is 0. The molecule has 1 atom stereocenters. The van der Waals surface area contributed by atoms with Gasteiger partial charge in [0.2, 0.25) is 5.75 Å². The molecular formula is C21H25NO5. The molecule has 2 aromatic carbocycles. The quantitative estimate of drug-likeness (QED) is 0.698. The minimum Gasteiger partial charge on any atom is -0.493 e. The fourth-order valence-electron chi connectivity index (χ4n) is 3.38. The van der Waals surface area contributed by atoms with Crippen LogP contribution in [-0.4, -0.2) is 58.3 Å². The summed E-state index contributed by atoms with van der Waals surface area (Å²) in [5.41, 5.74) is 1.47. The molecule has 0 bridgehead atoms. The molecule has 0 spiro atoms. The SMILES string of the molecule is COc1cc(C(=O)C(c2ccccc2)N2CCOCC2)cc(OC)c1OC. The van der Waals surface area contributed by atoms with Gasteiger partial charge in [-0.2, -0.15) is 0 Å². The van der Waals surface area contributed by atoms with Crippen LogP contribution in [0.15, 0.2) is 42.5 Å². The Balaban J connectivity index is 2.03. The summed E-state index contributed by atoms with van der Waals surface area (Å²) in [5.74, 6) is 1.39. The van der Waals surface area contributed by atoms with E-state index in [0.29, 0.717) is 49.1 Å². The molecular weight excluding hydrogens is 346 g/mol. The zero-order valence-corrected chi connectivity index (χ0v) is 15.9. The Morgan fingerprint density at radius 1 is 0.963 bits per heavy atom. The predicted octanol–water partition coefficient (Wildman–Crippen LogP) is 2.97. The molecule has 6 heteroatoms. The summed E-state index contributed by atoms with van der Waals surface area (Å²) >= 11 is 0. The standard InChI is InChI=1S/C21H25NO5/c1-24-17-13-16(14-18(25-2)21(17)26-3)20(23)19(15-7-5-4-6-8-15)22-9-11-27-12-10-22/h4-8,13-14,19H,9-12H2,1-3H3. The average Bonchev–Trinajstić information content (AvgIpc) is 2.74. The van der Waals surface area contributed by atoms with Crippen LogP contribution in [-0.2, 0) is 4.74 Å². The summed E-state index contributed by atoms with van der Waals surface area (Å²) in [6.45, 7) is 2.64. The van der Waals surface area contributed by atoms with Gasteiger partial charge in [-0.05, 0) is 17.7 Å². The van der Waals surface area contributed by atoms with Gasteiger partial charge in [0.25, 0.3) is 0 Å². The summed E-state index contributed by atoms with van der Waals surface area (Å²) < 4.78 is 21.7. The van der Waals surface area contributed by atoms with E-state index in [0.717, 1.165) is 5.56 Å². The number of morpholine rings is 1. The van der Waals surface area contributed by atoms with Gasteiger partial charge in [-0.25, -0.2) is 0 Å². The molecule has 0 aromatic heterocycles. The fourth-order valence-corrected chi connectivity index (χ4v) is 3.38. The van der Waals surface area contributed by atoms with Crippen molar-refractivity contribution in [3.05, 3.63) is 53.6 Å². The van der Waals surface area contributed by atoms with Crippen molar-refractivity contribution in [1.82, 2.24) is 4.90 Å². The van der Waals surface area contributed by atoms with Crippen LogP contribution in [0.3, 0.4) is 0 Å². The number of Topliss-reactive ketones (excluding diaryl/α,β-unsaturated/α-hetero) is 1. The van der Waals surface area contributed by atoms with E-state index < -0.39 is 6.04 Å². The third-order valence-corrected chi connectivity index (χ3v) is 4.72. The first-order chi connectivity index (χ1) is 13.2. The van der Waals surface area contributed by atoms with Crippen LogP contribution in [0.5, 0.6) is 17.2 Å². The monoisotopic (exact) mass is 371 g/mol. The topological polar surface area (TPSA) is 57.2 Å². The van der Waals surface area contributed by atoms with Crippen molar-refractivity contribution in [3.8, 4) is 17.2 Å². The van der Waals surface area contributed by atoms with Crippen LogP contribution >= 0.6 is 0 Å².